The summed E-state index contributed by atoms with van der Waals surface area (Å²) in [5.41, 5.74) is 3.72. The predicted molar refractivity (Wildman–Crippen MR) is 197 cm³/mol. The van der Waals surface area contributed by atoms with Crippen LogP contribution < -0.4 is 38.6 Å². The number of aryl methyl sites for hydroxylation is 3. The number of carbonyl (C=O) groups excluding carboxylic acids is 1. The number of anilines is 4. The van der Waals surface area contributed by atoms with Crippen LogP contribution >= 0.6 is 0 Å². The number of benzene rings is 3. The molecule has 51 heavy (non-hydrogen) atoms. The van der Waals surface area contributed by atoms with E-state index in [1.54, 1.807) is 63.9 Å². The van der Waals surface area contributed by atoms with E-state index in [9.17, 15) is 4.79 Å². The van der Waals surface area contributed by atoms with Crippen molar-refractivity contribution >= 4 is 29.2 Å². The second-order valence-corrected chi connectivity index (χ2v) is 12.4. The predicted octanol–water partition coefficient (Wildman–Crippen LogP) is 6.53. The molecule has 1 aliphatic heterocycles. The summed E-state index contributed by atoms with van der Waals surface area (Å²) in [7, 11) is 8.39. The molecule has 1 fully saturated rings. The van der Waals surface area contributed by atoms with E-state index >= 15 is 0 Å². The summed E-state index contributed by atoms with van der Waals surface area (Å²) in [5.74, 6) is 3.36. The molecule has 13 nitrogen and oxygen atoms in total. The Morgan fingerprint density at radius 1 is 0.824 bits per heavy atom. The molecular weight excluding hydrogens is 652 g/mol. The quantitative estimate of drug-likeness (QED) is 0.144. The van der Waals surface area contributed by atoms with Crippen LogP contribution in [-0.4, -0.2) is 101 Å². The van der Waals surface area contributed by atoms with Gasteiger partial charge in [0.1, 0.15) is 23.1 Å². The highest BCUT2D eigenvalue weighted by atomic mass is 16.6. The van der Waals surface area contributed by atoms with Crippen molar-refractivity contribution in [3.05, 3.63) is 71.4 Å². The Labute approximate surface area is 300 Å². The van der Waals surface area contributed by atoms with E-state index in [1.807, 2.05) is 32.9 Å². The summed E-state index contributed by atoms with van der Waals surface area (Å²) in [5, 5.41) is 3.22. The van der Waals surface area contributed by atoms with Crippen molar-refractivity contribution in [2.75, 3.05) is 85.0 Å². The Bertz CT molecular complexity index is 1760. The molecule has 0 radical (unpaired) electrons. The minimum atomic E-state index is -0.685. The van der Waals surface area contributed by atoms with Crippen molar-refractivity contribution in [1.82, 2.24) is 19.8 Å². The van der Waals surface area contributed by atoms with Crippen LogP contribution in [0.2, 0.25) is 0 Å². The molecule has 1 aliphatic rings. The Hall–Kier alpha value is -5.27. The number of nitrogens with zero attached hydrogens (tertiary/aromatic N) is 5. The summed E-state index contributed by atoms with van der Waals surface area (Å²) in [6.45, 7) is 11.6. The molecule has 4 aromatic rings. The van der Waals surface area contributed by atoms with E-state index in [0.29, 0.717) is 52.5 Å². The number of nitrogens with one attached hydrogen (secondary N) is 1. The lowest BCUT2D eigenvalue weighted by atomic mass is 10.1. The van der Waals surface area contributed by atoms with Gasteiger partial charge in [-0.2, -0.15) is 4.98 Å². The number of amides is 1. The number of carbonyl (C=O) groups is 1. The SMILES string of the molecule is COc1ccc(N(C(=O)Oc2c(C)cc(C)cc2C)c2ccnc(Nc3cc(OC)c(OCCCN4CCN(C)CC4)c(OC)c3)n2)c(OC)c1. The molecule has 0 aliphatic carbocycles. The second-order valence-electron chi connectivity index (χ2n) is 12.4. The number of rotatable bonds is 14. The van der Waals surface area contributed by atoms with Crippen molar-refractivity contribution in [1.29, 1.82) is 0 Å². The molecule has 272 valence electrons. The standard InChI is InChI=1S/C38H48N6O7/c1-25-20-26(2)35(27(3)21-25)51-38(45)44(30-11-10-29(46-5)24-31(30)47-6)34-12-13-39-37(41-34)40-28-22-32(48-7)36(33(23-28)49-8)50-19-9-14-43-17-15-42(4)16-18-43/h10-13,20-24H,9,14-19H2,1-8H3,(H,39,40,41). The highest BCUT2D eigenvalue weighted by molar-refractivity contribution is 5.98. The van der Waals surface area contributed by atoms with Gasteiger partial charge in [-0.25, -0.2) is 14.7 Å². The lowest BCUT2D eigenvalue weighted by molar-refractivity contribution is 0.144. The molecule has 1 amide bonds. The number of likely N-dealkylation sites (N-methyl/N-ethyl adjacent to an activating group) is 1. The molecule has 1 aromatic heterocycles. The summed E-state index contributed by atoms with van der Waals surface area (Å²) in [6.07, 6.45) is 1.74. The molecule has 0 bridgehead atoms. The molecule has 1 saturated heterocycles. The van der Waals surface area contributed by atoms with Gasteiger partial charge in [0, 0.05) is 68.9 Å². The lowest BCUT2D eigenvalue weighted by Gasteiger charge is -2.32. The van der Waals surface area contributed by atoms with Gasteiger partial charge in [-0.05, 0) is 57.5 Å². The average molecular weight is 701 g/mol. The van der Waals surface area contributed by atoms with E-state index in [2.05, 4.69) is 27.1 Å². The van der Waals surface area contributed by atoms with Gasteiger partial charge < -0.3 is 43.5 Å². The molecule has 5 rings (SSSR count). The zero-order valence-corrected chi connectivity index (χ0v) is 30.7. The first-order valence-electron chi connectivity index (χ1n) is 16.9. The van der Waals surface area contributed by atoms with Crippen molar-refractivity contribution in [2.24, 2.45) is 0 Å². The van der Waals surface area contributed by atoms with Gasteiger partial charge in [-0.3, -0.25) is 0 Å². The number of hydrogen-bond donors (Lipinski definition) is 1. The molecule has 2 heterocycles. The van der Waals surface area contributed by atoms with E-state index in [4.69, 9.17) is 33.4 Å². The van der Waals surface area contributed by atoms with E-state index in [-0.39, 0.29) is 11.8 Å². The molecule has 13 heteroatoms. The number of ether oxygens (including phenoxy) is 6. The van der Waals surface area contributed by atoms with Crippen LogP contribution in [0.15, 0.2) is 54.7 Å². The molecule has 0 unspecified atom stereocenters. The van der Waals surface area contributed by atoms with Gasteiger partial charge in [-0.15, -0.1) is 0 Å². The van der Waals surface area contributed by atoms with Gasteiger partial charge in [0.2, 0.25) is 11.7 Å². The molecule has 0 atom stereocenters. The first-order chi connectivity index (χ1) is 24.6. The Morgan fingerprint density at radius 3 is 2.12 bits per heavy atom. The lowest BCUT2D eigenvalue weighted by Crippen LogP contribution is -2.44. The normalized spacial score (nSPS) is 13.3. The minimum absolute atomic E-state index is 0.213. The second kappa shape index (κ2) is 17.1. The number of piperazine rings is 1. The Morgan fingerprint density at radius 2 is 1.49 bits per heavy atom. The molecule has 3 aromatic carbocycles. The fourth-order valence-corrected chi connectivity index (χ4v) is 6.04. The van der Waals surface area contributed by atoms with Crippen molar-refractivity contribution < 1.29 is 33.2 Å². The van der Waals surface area contributed by atoms with Crippen LogP contribution in [0, 0.1) is 20.8 Å². The molecular formula is C38H48N6O7. The first-order valence-corrected chi connectivity index (χ1v) is 16.9. The van der Waals surface area contributed by atoms with Gasteiger partial charge >= 0.3 is 6.09 Å². The van der Waals surface area contributed by atoms with Crippen molar-refractivity contribution in [2.45, 2.75) is 27.2 Å². The Kier molecular flexibility index (Phi) is 12.4. The maximum absolute atomic E-state index is 14.1. The number of methoxy groups -OCH3 is 4. The fraction of sp³-hybridized carbons (Fsp3) is 0.395. The highest BCUT2D eigenvalue weighted by Crippen LogP contribution is 2.42. The number of hydrogen-bond acceptors (Lipinski definition) is 12. The van der Waals surface area contributed by atoms with Crippen LogP contribution in [0.1, 0.15) is 23.1 Å². The largest absolute Gasteiger partial charge is 0.497 e. The monoisotopic (exact) mass is 700 g/mol. The van der Waals surface area contributed by atoms with Gasteiger partial charge in [-0.1, -0.05) is 17.7 Å². The third-order valence-electron chi connectivity index (χ3n) is 8.65. The fourth-order valence-electron chi connectivity index (χ4n) is 6.04. The van der Waals surface area contributed by atoms with E-state index in [0.717, 1.165) is 55.8 Å². The van der Waals surface area contributed by atoms with Crippen LogP contribution in [-0.2, 0) is 0 Å². The minimum Gasteiger partial charge on any atom is -0.497 e. The summed E-state index contributed by atoms with van der Waals surface area (Å²) in [4.78, 5) is 29.4. The molecule has 1 N–H and O–H groups in total. The van der Waals surface area contributed by atoms with Crippen LogP contribution in [0.3, 0.4) is 0 Å². The van der Waals surface area contributed by atoms with Crippen molar-refractivity contribution in [3.8, 4) is 34.5 Å². The third-order valence-corrected chi connectivity index (χ3v) is 8.65. The molecule has 0 spiro atoms. The summed E-state index contributed by atoms with van der Waals surface area (Å²) >= 11 is 0. The molecule has 0 saturated carbocycles. The smallest absolute Gasteiger partial charge is 0.425 e. The Balaban J connectivity index is 1.40. The third kappa shape index (κ3) is 9.10. The van der Waals surface area contributed by atoms with E-state index < -0.39 is 6.09 Å². The average Bonchev–Trinajstić information content (AvgIpc) is 3.12. The highest BCUT2D eigenvalue weighted by Gasteiger charge is 2.27. The zero-order chi connectivity index (χ0) is 36.5. The number of aromatic nitrogens is 2. The van der Waals surface area contributed by atoms with E-state index in [1.165, 1.54) is 12.0 Å². The van der Waals surface area contributed by atoms with Crippen LogP contribution in [0.5, 0.6) is 34.5 Å². The summed E-state index contributed by atoms with van der Waals surface area (Å²) in [6, 6.07) is 14.3. The van der Waals surface area contributed by atoms with Crippen molar-refractivity contribution in [3.63, 3.8) is 0 Å². The maximum atomic E-state index is 14.1. The first kappa shape index (κ1) is 37.0. The van der Waals surface area contributed by atoms with Gasteiger partial charge in [0.25, 0.3) is 0 Å². The maximum Gasteiger partial charge on any atom is 0.425 e. The van der Waals surface area contributed by atoms with Crippen LogP contribution in [0.25, 0.3) is 0 Å². The topological polar surface area (TPSA) is 120 Å². The zero-order valence-electron chi connectivity index (χ0n) is 30.7. The van der Waals surface area contributed by atoms with Gasteiger partial charge in [0.05, 0.1) is 40.7 Å². The summed E-state index contributed by atoms with van der Waals surface area (Å²) < 4.78 is 34.7. The van der Waals surface area contributed by atoms with Crippen LogP contribution in [0.4, 0.5) is 27.9 Å². The van der Waals surface area contributed by atoms with Gasteiger partial charge in [0.15, 0.2) is 11.5 Å².